The van der Waals surface area contributed by atoms with E-state index in [1.54, 1.807) is 34.6 Å². The molecule has 206 valence electrons. The van der Waals surface area contributed by atoms with Gasteiger partial charge in [0.1, 0.15) is 6.10 Å². The van der Waals surface area contributed by atoms with E-state index in [0.717, 1.165) is 0 Å². The number of aliphatic hydroxyl groups excluding tert-OH is 4. The topological polar surface area (TPSA) is 179 Å². The predicted octanol–water partition coefficient (Wildman–Crippen LogP) is 0.000700. The van der Waals surface area contributed by atoms with Gasteiger partial charge in [-0.2, -0.15) is 0 Å². The van der Waals surface area contributed by atoms with Crippen LogP contribution in [0.1, 0.15) is 73.1 Å². The van der Waals surface area contributed by atoms with E-state index in [4.69, 9.17) is 0 Å². The molecule has 4 aliphatic carbocycles. The molecule has 0 bridgehead atoms. The van der Waals surface area contributed by atoms with Gasteiger partial charge in [0.05, 0.1) is 29.5 Å². The van der Waals surface area contributed by atoms with Crippen LogP contribution in [0.15, 0.2) is 11.6 Å². The number of fused-ring (bicyclic) bond motifs is 5. The molecule has 11 atom stereocenters. The summed E-state index contributed by atoms with van der Waals surface area (Å²) >= 11 is 0. The second-order valence-corrected chi connectivity index (χ2v) is 13.3. The number of carbonyl (C=O) groups is 1. The molecular formula is C27H44O9. The summed E-state index contributed by atoms with van der Waals surface area (Å²) in [5.41, 5.74) is -5.28. The molecule has 9 heteroatoms. The van der Waals surface area contributed by atoms with Gasteiger partial charge in [-0.05, 0) is 81.3 Å². The lowest BCUT2D eigenvalue weighted by Gasteiger charge is -2.65. The van der Waals surface area contributed by atoms with Crippen LogP contribution in [0.3, 0.4) is 0 Å². The molecule has 0 saturated heterocycles. The number of hydrogen-bond acceptors (Lipinski definition) is 9. The highest BCUT2D eigenvalue weighted by atomic mass is 16.5. The molecule has 36 heavy (non-hydrogen) atoms. The quantitative estimate of drug-likeness (QED) is 0.235. The third kappa shape index (κ3) is 3.77. The van der Waals surface area contributed by atoms with Gasteiger partial charge in [-0.1, -0.05) is 20.8 Å². The number of allylic oxidation sites excluding steroid dienone is 1. The van der Waals surface area contributed by atoms with E-state index in [-0.39, 0.29) is 30.6 Å². The average Bonchev–Trinajstić information content (AvgIpc) is 3.03. The van der Waals surface area contributed by atoms with Gasteiger partial charge in [0.25, 0.3) is 0 Å². The number of ketones is 1. The second kappa shape index (κ2) is 8.55. The fourth-order valence-corrected chi connectivity index (χ4v) is 8.49. The van der Waals surface area contributed by atoms with Gasteiger partial charge >= 0.3 is 0 Å². The van der Waals surface area contributed by atoms with Gasteiger partial charge < -0.3 is 40.9 Å². The van der Waals surface area contributed by atoms with Gasteiger partial charge in [0.15, 0.2) is 11.6 Å². The highest BCUT2D eigenvalue weighted by molar-refractivity contribution is 5.95. The third-order valence-corrected chi connectivity index (χ3v) is 10.6. The molecule has 3 saturated carbocycles. The maximum absolute atomic E-state index is 13.3. The van der Waals surface area contributed by atoms with Crippen LogP contribution in [0.4, 0.5) is 0 Å². The molecule has 3 fully saturated rings. The highest BCUT2D eigenvalue weighted by Gasteiger charge is 2.76. The minimum absolute atomic E-state index is 0.0499. The molecule has 0 heterocycles. The first kappa shape index (κ1) is 28.1. The minimum Gasteiger partial charge on any atom is -0.393 e. The van der Waals surface area contributed by atoms with Crippen molar-refractivity contribution in [2.45, 2.75) is 115 Å². The van der Waals surface area contributed by atoms with Crippen LogP contribution in [-0.4, -0.2) is 88.0 Å². The monoisotopic (exact) mass is 512 g/mol. The van der Waals surface area contributed by atoms with Gasteiger partial charge in [0, 0.05) is 17.3 Å². The fourth-order valence-electron chi connectivity index (χ4n) is 8.49. The summed E-state index contributed by atoms with van der Waals surface area (Å²) in [6, 6.07) is 0. The third-order valence-electron chi connectivity index (χ3n) is 10.6. The molecule has 0 amide bonds. The molecule has 4 rings (SSSR count). The van der Waals surface area contributed by atoms with Crippen molar-refractivity contribution in [3.63, 3.8) is 0 Å². The van der Waals surface area contributed by atoms with Crippen molar-refractivity contribution in [3.05, 3.63) is 11.6 Å². The average molecular weight is 513 g/mol. The van der Waals surface area contributed by atoms with Crippen LogP contribution in [0.2, 0.25) is 0 Å². The lowest BCUT2D eigenvalue weighted by atomic mass is 9.43. The van der Waals surface area contributed by atoms with E-state index >= 15 is 0 Å². The van der Waals surface area contributed by atoms with Crippen molar-refractivity contribution in [3.8, 4) is 0 Å². The maximum atomic E-state index is 13.3. The van der Waals surface area contributed by atoms with E-state index in [1.165, 1.54) is 6.08 Å². The summed E-state index contributed by atoms with van der Waals surface area (Å²) in [4.78, 5) is 13.3. The maximum Gasteiger partial charge on any atom is 0.197 e. The Kier molecular flexibility index (Phi) is 6.67. The van der Waals surface area contributed by atoms with Crippen LogP contribution < -0.4 is 0 Å². The molecule has 0 aromatic heterocycles. The van der Waals surface area contributed by atoms with Gasteiger partial charge in [-0.3, -0.25) is 4.79 Å². The van der Waals surface area contributed by atoms with Crippen LogP contribution in [0.5, 0.6) is 0 Å². The van der Waals surface area contributed by atoms with Gasteiger partial charge in [-0.15, -0.1) is 0 Å². The first-order chi connectivity index (χ1) is 16.3. The Labute approximate surface area is 212 Å². The summed E-state index contributed by atoms with van der Waals surface area (Å²) in [5.74, 6) is -6.10. The summed E-state index contributed by atoms with van der Waals surface area (Å²) in [7, 11) is 0. The normalized spacial score (nSPS) is 47.9. The smallest absolute Gasteiger partial charge is 0.197 e. The first-order valence-corrected chi connectivity index (χ1v) is 13.2. The molecule has 0 aromatic rings. The summed E-state index contributed by atoms with van der Waals surface area (Å²) in [6.07, 6.45) is -2.70. The molecule has 9 nitrogen and oxygen atoms in total. The standard InChI is InChI=1S/C27H44O9/c1-13(17(28)7-8-23(2,3)33)14-6-9-26(34)16-11-18(29)15-10-19(30)20(31)12-24(15,4)21(16)27(35,36)22(32)25(14,26)5/h11,13-15,17,19-22,28,30-36H,6-10,12H2,1-5H3/t13-,14+,15-,17+,19+,20-,21-,22?,24-,25-,26+/m0/s1. The highest BCUT2D eigenvalue weighted by Crippen LogP contribution is 2.70. The second-order valence-electron chi connectivity index (χ2n) is 13.3. The first-order valence-electron chi connectivity index (χ1n) is 13.2. The van der Waals surface area contributed by atoms with Crippen LogP contribution in [0.25, 0.3) is 0 Å². The van der Waals surface area contributed by atoms with Crippen LogP contribution in [0, 0.1) is 34.5 Å². The van der Waals surface area contributed by atoms with Gasteiger partial charge in [0.2, 0.25) is 0 Å². The zero-order valence-electron chi connectivity index (χ0n) is 21.9. The van der Waals surface area contributed by atoms with Crippen molar-refractivity contribution < 1.29 is 45.6 Å². The number of hydrogen-bond donors (Lipinski definition) is 8. The zero-order chi connectivity index (χ0) is 27.2. The molecule has 1 unspecified atom stereocenters. The number of carbonyl (C=O) groups excluding carboxylic acids is 1. The van der Waals surface area contributed by atoms with Crippen molar-refractivity contribution in [2.75, 3.05) is 0 Å². The molecular weight excluding hydrogens is 468 g/mol. The van der Waals surface area contributed by atoms with E-state index in [2.05, 4.69) is 0 Å². The van der Waals surface area contributed by atoms with Gasteiger partial charge in [-0.25, -0.2) is 0 Å². The Balaban J connectivity index is 1.77. The predicted molar refractivity (Wildman–Crippen MR) is 129 cm³/mol. The summed E-state index contributed by atoms with van der Waals surface area (Å²) < 4.78 is 0. The Morgan fingerprint density at radius 1 is 1.11 bits per heavy atom. The molecule has 8 N–H and O–H groups in total. The van der Waals surface area contributed by atoms with E-state index in [9.17, 15) is 45.6 Å². The lowest BCUT2D eigenvalue weighted by Crippen LogP contribution is -2.75. The van der Waals surface area contributed by atoms with E-state index in [0.29, 0.717) is 19.3 Å². The van der Waals surface area contributed by atoms with Crippen molar-refractivity contribution in [1.29, 1.82) is 0 Å². The summed E-state index contributed by atoms with van der Waals surface area (Å²) in [5, 5.41) is 88.7. The fraction of sp³-hybridized carbons (Fsp3) is 0.889. The lowest BCUT2D eigenvalue weighted by molar-refractivity contribution is -0.343. The molecule has 0 aromatic carbocycles. The number of rotatable bonds is 5. The number of aliphatic hydroxyl groups is 8. The van der Waals surface area contributed by atoms with Crippen molar-refractivity contribution in [2.24, 2.45) is 34.5 Å². The molecule has 0 aliphatic heterocycles. The Morgan fingerprint density at radius 2 is 1.72 bits per heavy atom. The Bertz CT molecular complexity index is 925. The molecule has 0 spiro atoms. The Hall–Kier alpha value is -0.910. The SMILES string of the molecule is C[C@H]([C@H](O)CCC(C)(C)O)[C@H]1CC[C@@]2(O)C3=CC(=O)[C@@H]4C[C@@H](O)[C@@H](O)C[C@]4(C)[C@H]3C(O)(O)C(O)[C@]12C. The Morgan fingerprint density at radius 3 is 2.31 bits per heavy atom. The van der Waals surface area contributed by atoms with Crippen LogP contribution >= 0.6 is 0 Å². The van der Waals surface area contributed by atoms with E-state index < -0.39 is 75.9 Å². The largest absolute Gasteiger partial charge is 0.393 e. The van der Waals surface area contributed by atoms with Crippen LogP contribution in [-0.2, 0) is 4.79 Å². The minimum atomic E-state index is -2.73. The molecule has 4 aliphatic rings. The zero-order valence-corrected chi connectivity index (χ0v) is 21.9. The van der Waals surface area contributed by atoms with Crippen molar-refractivity contribution in [1.82, 2.24) is 0 Å². The van der Waals surface area contributed by atoms with Crippen molar-refractivity contribution >= 4 is 5.78 Å². The summed E-state index contributed by atoms with van der Waals surface area (Å²) in [6.45, 7) is 8.34. The van der Waals surface area contributed by atoms with E-state index in [1.807, 2.05) is 0 Å². The molecule has 0 radical (unpaired) electrons.